The number of hydrogen-bond donors (Lipinski definition) is 1. The molecule has 2 aliphatic rings. The molecule has 3 atom stereocenters. The third-order valence-electron chi connectivity index (χ3n) is 4.31. The summed E-state index contributed by atoms with van der Waals surface area (Å²) in [4.78, 5) is 3.15. The van der Waals surface area contributed by atoms with Gasteiger partial charge in [-0.2, -0.15) is 0 Å². The topological polar surface area (TPSA) is 29.3 Å². The smallest absolute Gasteiger partial charge is 0.0901 e. The fourth-order valence-electron chi connectivity index (χ4n) is 3.06. The van der Waals surface area contributed by atoms with E-state index in [1.165, 1.54) is 13.1 Å². The van der Waals surface area contributed by atoms with Crippen LogP contribution >= 0.6 is 12.2 Å². The standard InChI is InChI=1S/C11H20N2S/c1-4-9(10(12)14)13-5-7-8(6-13)11(7,2)3/h7-9H,4-6H2,1-3H3,(H2,12,14). The van der Waals surface area contributed by atoms with Crippen molar-refractivity contribution in [3.8, 4) is 0 Å². The number of fused-ring (bicyclic) bond motifs is 1. The van der Waals surface area contributed by atoms with Gasteiger partial charge in [-0.25, -0.2) is 0 Å². The quantitative estimate of drug-likeness (QED) is 0.721. The van der Waals surface area contributed by atoms with E-state index in [0.717, 1.165) is 18.3 Å². The molecule has 0 aromatic heterocycles. The van der Waals surface area contributed by atoms with Crippen molar-refractivity contribution in [1.82, 2.24) is 4.90 Å². The van der Waals surface area contributed by atoms with Gasteiger partial charge in [0.1, 0.15) is 0 Å². The van der Waals surface area contributed by atoms with E-state index in [1.54, 1.807) is 0 Å². The van der Waals surface area contributed by atoms with Gasteiger partial charge in [0.05, 0.1) is 11.0 Å². The minimum atomic E-state index is 0.341. The molecule has 2 fully saturated rings. The molecule has 2 rings (SSSR count). The lowest BCUT2D eigenvalue weighted by Crippen LogP contribution is -2.44. The van der Waals surface area contributed by atoms with E-state index in [0.29, 0.717) is 16.4 Å². The Labute approximate surface area is 91.8 Å². The lowest BCUT2D eigenvalue weighted by molar-refractivity contribution is 0.228. The van der Waals surface area contributed by atoms with Crippen molar-refractivity contribution in [2.45, 2.75) is 33.2 Å². The molecule has 0 amide bonds. The monoisotopic (exact) mass is 212 g/mol. The van der Waals surface area contributed by atoms with E-state index >= 15 is 0 Å². The lowest BCUT2D eigenvalue weighted by atomic mass is 10.0. The molecule has 0 bridgehead atoms. The van der Waals surface area contributed by atoms with Gasteiger partial charge in [-0.3, -0.25) is 4.90 Å². The number of hydrogen-bond acceptors (Lipinski definition) is 2. The summed E-state index contributed by atoms with van der Waals surface area (Å²) in [6.45, 7) is 9.32. The van der Waals surface area contributed by atoms with Crippen LogP contribution in [-0.2, 0) is 0 Å². The molecular formula is C11H20N2S. The average molecular weight is 212 g/mol. The van der Waals surface area contributed by atoms with E-state index in [-0.39, 0.29) is 0 Å². The van der Waals surface area contributed by atoms with Gasteiger partial charge < -0.3 is 5.73 Å². The second kappa shape index (κ2) is 3.17. The van der Waals surface area contributed by atoms with Crippen LogP contribution in [0.1, 0.15) is 27.2 Å². The summed E-state index contributed by atoms with van der Waals surface area (Å²) < 4.78 is 0. The second-order valence-corrected chi connectivity index (χ2v) is 5.79. The zero-order valence-corrected chi connectivity index (χ0v) is 10.1. The van der Waals surface area contributed by atoms with Crippen molar-refractivity contribution in [3.63, 3.8) is 0 Å². The minimum absolute atomic E-state index is 0.341. The Morgan fingerprint density at radius 1 is 1.50 bits per heavy atom. The van der Waals surface area contributed by atoms with Crippen molar-refractivity contribution in [1.29, 1.82) is 0 Å². The summed E-state index contributed by atoms with van der Waals surface area (Å²) in [6.07, 6.45) is 1.05. The number of nitrogens with zero attached hydrogens (tertiary/aromatic N) is 1. The highest BCUT2D eigenvalue weighted by atomic mass is 32.1. The molecule has 1 saturated carbocycles. The SMILES string of the molecule is CCC(C(N)=S)N1CC2C(C1)C2(C)C. The number of nitrogens with two attached hydrogens (primary N) is 1. The maximum Gasteiger partial charge on any atom is 0.0901 e. The van der Waals surface area contributed by atoms with Crippen LogP contribution in [0.5, 0.6) is 0 Å². The highest BCUT2D eigenvalue weighted by molar-refractivity contribution is 7.80. The number of rotatable bonds is 3. The highest BCUT2D eigenvalue weighted by Gasteiger charge is 2.62. The Hall–Kier alpha value is -0.150. The van der Waals surface area contributed by atoms with Crippen LogP contribution < -0.4 is 5.73 Å². The first-order chi connectivity index (χ1) is 6.48. The summed E-state index contributed by atoms with van der Waals surface area (Å²) in [5.74, 6) is 1.79. The maximum absolute atomic E-state index is 5.74. The first-order valence-corrected chi connectivity index (χ1v) is 5.92. The van der Waals surface area contributed by atoms with Crippen molar-refractivity contribution in [2.75, 3.05) is 13.1 Å². The second-order valence-electron chi connectivity index (χ2n) is 5.31. The Morgan fingerprint density at radius 2 is 2.00 bits per heavy atom. The van der Waals surface area contributed by atoms with E-state index in [2.05, 4.69) is 25.7 Å². The van der Waals surface area contributed by atoms with Crippen LogP contribution in [0.4, 0.5) is 0 Å². The lowest BCUT2D eigenvalue weighted by Gasteiger charge is -2.29. The Morgan fingerprint density at radius 3 is 2.36 bits per heavy atom. The maximum atomic E-state index is 5.74. The molecular weight excluding hydrogens is 192 g/mol. The molecule has 1 heterocycles. The number of piperidine rings is 1. The first-order valence-electron chi connectivity index (χ1n) is 5.51. The van der Waals surface area contributed by atoms with Crippen LogP contribution in [0.2, 0.25) is 0 Å². The molecule has 3 heteroatoms. The van der Waals surface area contributed by atoms with Gasteiger partial charge in [0.2, 0.25) is 0 Å². The molecule has 14 heavy (non-hydrogen) atoms. The number of thiocarbonyl (C=S) groups is 1. The summed E-state index contributed by atoms with van der Waals surface area (Å²) in [6, 6.07) is 0.341. The van der Waals surface area contributed by atoms with Crippen molar-refractivity contribution in [3.05, 3.63) is 0 Å². The molecule has 2 N–H and O–H groups in total. The fraction of sp³-hybridized carbons (Fsp3) is 0.909. The molecule has 1 aliphatic heterocycles. The minimum Gasteiger partial charge on any atom is -0.392 e. The van der Waals surface area contributed by atoms with Crippen molar-refractivity contribution >= 4 is 17.2 Å². The van der Waals surface area contributed by atoms with Gasteiger partial charge >= 0.3 is 0 Å². The highest BCUT2D eigenvalue weighted by Crippen LogP contribution is 2.62. The number of likely N-dealkylation sites (tertiary alicyclic amines) is 1. The fourth-order valence-corrected chi connectivity index (χ4v) is 3.37. The van der Waals surface area contributed by atoms with E-state index in [4.69, 9.17) is 18.0 Å². The molecule has 0 radical (unpaired) electrons. The van der Waals surface area contributed by atoms with Gasteiger partial charge in [-0.05, 0) is 23.7 Å². The van der Waals surface area contributed by atoms with E-state index in [9.17, 15) is 0 Å². The Kier molecular flexibility index (Phi) is 2.35. The molecule has 3 unspecified atom stereocenters. The normalized spacial score (nSPS) is 36.5. The summed E-state index contributed by atoms with van der Waals surface area (Å²) in [7, 11) is 0. The molecule has 0 spiro atoms. The summed E-state index contributed by atoms with van der Waals surface area (Å²) >= 11 is 5.10. The average Bonchev–Trinajstić information content (AvgIpc) is 2.50. The zero-order chi connectivity index (χ0) is 10.5. The van der Waals surface area contributed by atoms with Crippen LogP contribution in [-0.4, -0.2) is 29.0 Å². The van der Waals surface area contributed by atoms with E-state index in [1.807, 2.05) is 0 Å². The first kappa shape index (κ1) is 10.4. The molecule has 2 nitrogen and oxygen atoms in total. The third kappa shape index (κ3) is 1.38. The van der Waals surface area contributed by atoms with Gasteiger partial charge in [0.15, 0.2) is 0 Å². The Balaban J connectivity index is 1.96. The molecule has 1 aliphatic carbocycles. The third-order valence-corrected chi connectivity index (χ3v) is 4.58. The molecule has 1 saturated heterocycles. The van der Waals surface area contributed by atoms with Gasteiger partial charge in [0, 0.05) is 13.1 Å². The van der Waals surface area contributed by atoms with Gasteiger partial charge in [-0.15, -0.1) is 0 Å². The van der Waals surface area contributed by atoms with Crippen LogP contribution in [0.3, 0.4) is 0 Å². The van der Waals surface area contributed by atoms with Crippen LogP contribution in [0.15, 0.2) is 0 Å². The molecule has 0 aromatic rings. The van der Waals surface area contributed by atoms with Gasteiger partial charge in [-0.1, -0.05) is 33.0 Å². The van der Waals surface area contributed by atoms with Crippen molar-refractivity contribution in [2.24, 2.45) is 23.0 Å². The largest absolute Gasteiger partial charge is 0.392 e. The summed E-state index contributed by atoms with van der Waals surface area (Å²) in [5, 5.41) is 0. The Bertz CT molecular complexity index is 248. The molecule has 80 valence electrons. The predicted molar refractivity (Wildman–Crippen MR) is 63.2 cm³/mol. The van der Waals surface area contributed by atoms with Gasteiger partial charge in [0.25, 0.3) is 0 Å². The van der Waals surface area contributed by atoms with E-state index < -0.39 is 0 Å². The zero-order valence-electron chi connectivity index (χ0n) is 9.29. The predicted octanol–water partition coefficient (Wildman–Crippen LogP) is 1.64. The van der Waals surface area contributed by atoms with Crippen molar-refractivity contribution < 1.29 is 0 Å². The molecule has 0 aromatic carbocycles. The summed E-state index contributed by atoms with van der Waals surface area (Å²) in [5.41, 5.74) is 6.33. The van der Waals surface area contributed by atoms with Crippen LogP contribution in [0, 0.1) is 17.3 Å². The van der Waals surface area contributed by atoms with Crippen LogP contribution in [0.25, 0.3) is 0 Å².